The zero-order valence-electron chi connectivity index (χ0n) is 17.0. The summed E-state index contributed by atoms with van der Waals surface area (Å²) in [5.74, 6) is -0.0938. The van der Waals surface area contributed by atoms with Crippen molar-refractivity contribution in [1.82, 2.24) is 9.80 Å². The van der Waals surface area contributed by atoms with Crippen molar-refractivity contribution in [2.45, 2.75) is 0 Å². The first-order valence-electron chi connectivity index (χ1n) is 8.32. The Morgan fingerprint density at radius 3 is 1.96 bits per heavy atom. The third kappa shape index (κ3) is 6.49. The summed E-state index contributed by atoms with van der Waals surface area (Å²) in [5.41, 5.74) is 0.617. The van der Waals surface area contributed by atoms with Crippen LogP contribution in [0.25, 0.3) is 6.08 Å². The second kappa shape index (κ2) is 10.8. The van der Waals surface area contributed by atoms with Gasteiger partial charge in [-0.05, 0) is 23.8 Å². The molecule has 9 nitrogen and oxygen atoms in total. The predicted octanol–water partition coefficient (Wildman–Crippen LogP) is 0.815. The zero-order chi connectivity index (χ0) is 21.3. The molecule has 0 bridgehead atoms. The number of amides is 2. The molecule has 0 atom stereocenters. The molecule has 0 N–H and O–H groups in total. The summed E-state index contributed by atoms with van der Waals surface area (Å²) in [4.78, 5) is 37.9. The van der Waals surface area contributed by atoms with Gasteiger partial charge in [0.05, 0.1) is 27.9 Å². The van der Waals surface area contributed by atoms with Gasteiger partial charge >= 0.3 is 5.97 Å². The third-order valence-corrected chi connectivity index (χ3v) is 3.73. The van der Waals surface area contributed by atoms with E-state index in [9.17, 15) is 14.4 Å². The summed E-state index contributed by atoms with van der Waals surface area (Å²) in [5, 5.41) is 0. The van der Waals surface area contributed by atoms with Crippen molar-refractivity contribution in [2.24, 2.45) is 0 Å². The van der Waals surface area contributed by atoms with Crippen LogP contribution in [0.4, 0.5) is 0 Å². The van der Waals surface area contributed by atoms with Crippen LogP contribution in [-0.4, -0.2) is 83.2 Å². The number of benzene rings is 1. The molecular weight excluding hydrogens is 368 g/mol. The fourth-order valence-corrected chi connectivity index (χ4v) is 2.09. The fraction of sp³-hybridized carbons (Fsp3) is 0.421. The highest BCUT2D eigenvalue weighted by Crippen LogP contribution is 2.38. The molecule has 0 fully saturated rings. The number of esters is 1. The van der Waals surface area contributed by atoms with Crippen molar-refractivity contribution >= 4 is 23.9 Å². The van der Waals surface area contributed by atoms with E-state index in [4.69, 9.17) is 18.9 Å². The minimum absolute atomic E-state index is 0.0926. The van der Waals surface area contributed by atoms with Gasteiger partial charge in [-0.1, -0.05) is 0 Å². The highest BCUT2D eigenvalue weighted by molar-refractivity contribution is 5.90. The summed E-state index contributed by atoms with van der Waals surface area (Å²) in [7, 11) is 9.12. The summed E-state index contributed by atoms with van der Waals surface area (Å²) < 4.78 is 20.6. The largest absolute Gasteiger partial charge is 0.493 e. The van der Waals surface area contributed by atoms with Crippen LogP contribution in [-0.2, 0) is 19.1 Å². The number of likely N-dealkylation sites (N-methyl/N-ethyl adjacent to an activating group) is 2. The summed E-state index contributed by atoms with van der Waals surface area (Å²) >= 11 is 0. The number of rotatable bonds is 9. The van der Waals surface area contributed by atoms with Crippen molar-refractivity contribution < 1.29 is 33.3 Å². The van der Waals surface area contributed by atoms with Gasteiger partial charge in [0.15, 0.2) is 18.1 Å². The summed E-state index contributed by atoms with van der Waals surface area (Å²) in [6, 6.07) is 3.33. The lowest BCUT2D eigenvalue weighted by Gasteiger charge is -2.18. The smallest absolute Gasteiger partial charge is 0.331 e. The number of hydrogen-bond acceptors (Lipinski definition) is 7. The van der Waals surface area contributed by atoms with E-state index in [2.05, 4.69) is 0 Å². The molecule has 2 amide bonds. The maximum Gasteiger partial charge on any atom is 0.331 e. The second-order valence-corrected chi connectivity index (χ2v) is 5.94. The Hall–Kier alpha value is -3.23. The number of ether oxygens (including phenoxy) is 4. The first-order chi connectivity index (χ1) is 13.2. The maximum absolute atomic E-state index is 11.9. The Balaban J connectivity index is 2.69. The monoisotopic (exact) mass is 394 g/mol. The SMILES string of the molecule is COc1cc(/C=C/C(=O)OCC(=O)N(C)CC(=O)N(C)C)cc(OC)c1OC. The van der Waals surface area contributed by atoms with Gasteiger partial charge in [0.1, 0.15) is 0 Å². The van der Waals surface area contributed by atoms with E-state index in [1.165, 1.54) is 50.3 Å². The van der Waals surface area contributed by atoms with Gasteiger partial charge in [-0.3, -0.25) is 9.59 Å². The normalized spacial score (nSPS) is 10.4. The van der Waals surface area contributed by atoms with E-state index >= 15 is 0 Å². The van der Waals surface area contributed by atoms with Crippen molar-refractivity contribution in [3.05, 3.63) is 23.8 Å². The molecule has 1 aromatic carbocycles. The molecule has 9 heteroatoms. The number of methoxy groups -OCH3 is 3. The lowest BCUT2D eigenvalue weighted by atomic mass is 10.1. The quantitative estimate of drug-likeness (QED) is 0.452. The van der Waals surface area contributed by atoms with E-state index in [-0.39, 0.29) is 12.5 Å². The van der Waals surface area contributed by atoms with Crippen molar-refractivity contribution in [3.63, 3.8) is 0 Å². The molecule has 0 aliphatic heterocycles. The maximum atomic E-state index is 11.9. The predicted molar refractivity (Wildman–Crippen MR) is 102 cm³/mol. The minimum Gasteiger partial charge on any atom is -0.493 e. The van der Waals surface area contributed by atoms with E-state index in [1.807, 2.05) is 0 Å². The van der Waals surface area contributed by atoms with Crippen LogP contribution in [0, 0.1) is 0 Å². The Bertz CT molecular complexity index is 719. The van der Waals surface area contributed by atoms with Crippen molar-refractivity contribution in [3.8, 4) is 17.2 Å². The molecule has 0 saturated heterocycles. The van der Waals surface area contributed by atoms with E-state index in [0.29, 0.717) is 22.8 Å². The van der Waals surface area contributed by atoms with Crippen LogP contribution >= 0.6 is 0 Å². The van der Waals surface area contributed by atoms with Crippen LogP contribution in [0.1, 0.15) is 5.56 Å². The second-order valence-electron chi connectivity index (χ2n) is 5.94. The lowest BCUT2D eigenvalue weighted by Crippen LogP contribution is -2.39. The minimum atomic E-state index is -0.700. The van der Waals surface area contributed by atoms with Gasteiger partial charge in [0.2, 0.25) is 11.7 Å². The topological polar surface area (TPSA) is 94.6 Å². The highest BCUT2D eigenvalue weighted by atomic mass is 16.5. The zero-order valence-corrected chi connectivity index (χ0v) is 17.0. The molecule has 0 radical (unpaired) electrons. The van der Waals surface area contributed by atoms with Crippen molar-refractivity contribution in [1.29, 1.82) is 0 Å². The van der Waals surface area contributed by atoms with Crippen molar-refractivity contribution in [2.75, 3.05) is 55.6 Å². The van der Waals surface area contributed by atoms with Gasteiger partial charge in [0, 0.05) is 27.2 Å². The Morgan fingerprint density at radius 2 is 1.50 bits per heavy atom. The standard InChI is InChI=1S/C19H26N2O7/c1-20(2)16(22)11-21(3)17(23)12-28-18(24)8-7-13-9-14(25-4)19(27-6)15(10-13)26-5/h7-10H,11-12H2,1-6H3/b8-7+. The third-order valence-electron chi connectivity index (χ3n) is 3.73. The molecule has 1 aromatic rings. The number of nitrogens with zero attached hydrogens (tertiary/aromatic N) is 2. The Morgan fingerprint density at radius 1 is 0.929 bits per heavy atom. The highest BCUT2D eigenvalue weighted by Gasteiger charge is 2.16. The molecule has 0 aliphatic carbocycles. The average Bonchev–Trinajstić information content (AvgIpc) is 2.68. The van der Waals surface area contributed by atoms with Gasteiger partial charge in [-0.15, -0.1) is 0 Å². The molecule has 0 spiro atoms. The van der Waals surface area contributed by atoms with Crippen LogP contribution < -0.4 is 14.2 Å². The molecule has 28 heavy (non-hydrogen) atoms. The molecule has 0 aliphatic rings. The number of carbonyl (C=O) groups is 3. The van der Waals surface area contributed by atoms with Gasteiger partial charge in [0.25, 0.3) is 5.91 Å². The molecule has 0 saturated carbocycles. The van der Waals surface area contributed by atoms with Gasteiger partial charge < -0.3 is 28.7 Å². The Kier molecular flexibility index (Phi) is 8.80. The van der Waals surface area contributed by atoms with E-state index < -0.39 is 18.5 Å². The molecule has 0 heterocycles. The van der Waals surface area contributed by atoms with E-state index in [1.54, 1.807) is 26.2 Å². The van der Waals surface area contributed by atoms with Gasteiger partial charge in [-0.25, -0.2) is 4.79 Å². The molecule has 1 rings (SSSR count). The summed E-state index contributed by atoms with van der Waals surface area (Å²) in [6.45, 7) is -0.555. The number of carbonyl (C=O) groups excluding carboxylic acids is 3. The van der Waals surface area contributed by atoms with Crippen LogP contribution in [0.3, 0.4) is 0 Å². The van der Waals surface area contributed by atoms with Crippen LogP contribution in [0.2, 0.25) is 0 Å². The first kappa shape index (κ1) is 22.8. The fourth-order valence-electron chi connectivity index (χ4n) is 2.09. The average molecular weight is 394 g/mol. The molecule has 0 unspecified atom stereocenters. The molecule has 154 valence electrons. The van der Waals surface area contributed by atoms with Crippen LogP contribution in [0.5, 0.6) is 17.2 Å². The number of hydrogen-bond donors (Lipinski definition) is 0. The molecule has 0 aromatic heterocycles. The van der Waals surface area contributed by atoms with Crippen LogP contribution in [0.15, 0.2) is 18.2 Å². The summed E-state index contributed by atoms with van der Waals surface area (Å²) in [6.07, 6.45) is 2.68. The van der Waals surface area contributed by atoms with Gasteiger partial charge in [-0.2, -0.15) is 0 Å². The molecular formula is C19H26N2O7. The first-order valence-corrected chi connectivity index (χ1v) is 8.32. The Labute approximate surface area is 164 Å². The lowest BCUT2D eigenvalue weighted by molar-refractivity contribution is -0.148. The van der Waals surface area contributed by atoms with E-state index in [0.717, 1.165) is 0 Å².